The van der Waals surface area contributed by atoms with Crippen LogP contribution in [0.5, 0.6) is 5.75 Å². The lowest BCUT2D eigenvalue weighted by atomic mass is 9.60. The third-order valence-corrected chi connectivity index (χ3v) is 5.77. The number of nitrogens with zero attached hydrogens (tertiary/aromatic N) is 1. The number of rotatable bonds is 2. The van der Waals surface area contributed by atoms with Crippen LogP contribution in [0, 0.1) is 5.92 Å². The molecule has 1 aliphatic heterocycles. The van der Waals surface area contributed by atoms with Gasteiger partial charge in [-0.3, -0.25) is 4.90 Å². The summed E-state index contributed by atoms with van der Waals surface area (Å²) >= 11 is 0. The summed E-state index contributed by atoms with van der Waals surface area (Å²) in [4.78, 5) is 2.68. The van der Waals surface area contributed by atoms with E-state index >= 15 is 0 Å². The SMILES string of the molecule is CC(C)=CCN1CCC[C@@H]2[C@H]1Cc1ccc(O)cc1C2(C)C. The summed E-state index contributed by atoms with van der Waals surface area (Å²) < 4.78 is 0. The third kappa shape index (κ3) is 2.69. The number of hydrogen-bond acceptors (Lipinski definition) is 2. The van der Waals surface area contributed by atoms with E-state index in [0.29, 0.717) is 17.7 Å². The van der Waals surface area contributed by atoms with Gasteiger partial charge in [0.05, 0.1) is 0 Å². The van der Waals surface area contributed by atoms with Crippen molar-refractivity contribution in [3.8, 4) is 5.75 Å². The van der Waals surface area contributed by atoms with Gasteiger partial charge in [-0.1, -0.05) is 31.6 Å². The predicted octanol–water partition coefficient (Wildman–Crippen LogP) is 4.27. The fourth-order valence-electron chi connectivity index (χ4n) is 4.53. The van der Waals surface area contributed by atoms with E-state index in [1.54, 1.807) is 0 Å². The molecular formula is C20H29NO. The summed E-state index contributed by atoms with van der Waals surface area (Å²) in [6.07, 6.45) is 6.08. The van der Waals surface area contributed by atoms with Gasteiger partial charge < -0.3 is 5.11 Å². The molecule has 1 heterocycles. The van der Waals surface area contributed by atoms with Gasteiger partial charge in [-0.05, 0) is 74.2 Å². The summed E-state index contributed by atoms with van der Waals surface area (Å²) in [6.45, 7) is 11.4. The number of aromatic hydroxyl groups is 1. The zero-order valence-electron chi connectivity index (χ0n) is 14.4. The zero-order valence-corrected chi connectivity index (χ0v) is 14.4. The second-order valence-electron chi connectivity index (χ2n) is 7.86. The lowest BCUT2D eigenvalue weighted by Gasteiger charge is -2.52. The summed E-state index contributed by atoms with van der Waals surface area (Å²) in [6, 6.07) is 6.62. The maximum absolute atomic E-state index is 9.90. The Hall–Kier alpha value is -1.28. The molecule has 1 aromatic rings. The third-order valence-electron chi connectivity index (χ3n) is 5.77. The van der Waals surface area contributed by atoms with Crippen LogP contribution >= 0.6 is 0 Å². The van der Waals surface area contributed by atoms with Crippen LogP contribution in [-0.2, 0) is 11.8 Å². The van der Waals surface area contributed by atoms with E-state index in [-0.39, 0.29) is 5.41 Å². The normalized spacial score (nSPS) is 26.9. The maximum atomic E-state index is 9.90. The van der Waals surface area contributed by atoms with Crippen molar-refractivity contribution < 1.29 is 5.11 Å². The van der Waals surface area contributed by atoms with E-state index in [1.165, 1.54) is 36.1 Å². The standard InChI is InChI=1S/C20H29NO/c1-14(2)9-11-21-10-5-6-17-19(21)12-15-7-8-16(22)13-18(15)20(17,3)4/h7-9,13,17,19,22H,5-6,10-12H2,1-4H3/t17-,19-/m1/s1. The van der Waals surface area contributed by atoms with Crippen LogP contribution < -0.4 is 0 Å². The number of phenols is 1. The molecule has 1 fully saturated rings. The van der Waals surface area contributed by atoms with Gasteiger partial charge in [-0.2, -0.15) is 0 Å². The molecule has 3 rings (SSSR count). The molecule has 22 heavy (non-hydrogen) atoms. The molecule has 2 nitrogen and oxygen atoms in total. The second kappa shape index (κ2) is 5.73. The Morgan fingerprint density at radius 2 is 2.14 bits per heavy atom. The molecule has 0 bridgehead atoms. The predicted molar refractivity (Wildman–Crippen MR) is 92.4 cm³/mol. The van der Waals surface area contributed by atoms with Crippen molar-refractivity contribution in [2.75, 3.05) is 13.1 Å². The highest BCUT2D eigenvalue weighted by atomic mass is 16.3. The molecule has 0 radical (unpaired) electrons. The van der Waals surface area contributed by atoms with E-state index in [4.69, 9.17) is 0 Å². The highest BCUT2D eigenvalue weighted by Crippen LogP contribution is 2.47. The van der Waals surface area contributed by atoms with Gasteiger partial charge in [0.25, 0.3) is 0 Å². The van der Waals surface area contributed by atoms with Crippen molar-refractivity contribution >= 4 is 0 Å². The van der Waals surface area contributed by atoms with Crippen LogP contribution in [0.4, 0.5) is 0 Å². The second-order valence-corrected chi connectivity index (χ2v) is 7.86. The van der Waals surface area contributed by atoms with Crippen molar-refractivity contribution in [3.05, 3.63) is 41.0 Å². The first kappa shape index (κ1) is 15.6. The van der Waals surface area contributed by atoms with Crippen LogP contribution in [0.2, 0.25) is 0 Å². The van der Waals surface area contributed by atoms with E-state index in [0.717, 1.165) is 13.0 Å². The highest BCUT2D eigenvalue weighted by Gasteiger charge is 2.45. The summed E-state index contributed by atoms with van der Waals surface area (Å²) in [5.41, 5.74) is 4.33. The van der Waals surface area contributed by atoms with Crippen LogP contribution in [-0.4, -0.2) is 29.1 Å². The molecule has 2 atom stereocenters. The maximum Gasteiger partial charge on any atom is 0.115 e. The molecule has 0 aromatic heterocycles. The van der Waals surface area contributed by atoms with Gasteiger partial charge in [0.1, 0.15) is 5.75 Å². The average Bonchev–Trinajstić information content (AvgIpc) is 2.46. The number of allylic oxidation sites excluding steroid dienone is 1. The fourth-order valence-corrected chi connectivity index (χ4v) is 4.53. The number of hydrogen-bond donors (Lipinski definition) is 1. The first-order valence-corrected chi connectivity index (χ1v) is 8.59. The summed E-state index contributed by atoms with van der Waals surface area (Å²) in [5, 5.41) is 9.90. The average molecular weight is 299 g/mol. The molecule has 1 N–H and O–H groups in total. The molecule has 1 aromatic carbocycles. The van der Waals surface area contributed by atoms with Crippen molar-refractivity contribution in [3.63, 3.8) is 0 Å². The van der Waals surface area contributed by atoms with Crippen molar-refractivity contribution in [1.82, 2.24) is 4.90 Å². The number of piperidine rings is 1. The van der Waals surface area contributed by atoms with E-state index in [9.17, 15) is 5.11 Å². The Bertz CT molecular complexity index is 583. The molecule has 120 valence electrons. The monoisotopic (exact) mass is 299 g/mol. The summed E-state index contributed by atoms with van der Waals surface area (Å²) in [5.74, 6) is 1.09. The minimum absolute atomic E-state index is 0.140. The first-order valence-electron chi connectivity index (χ1n) is 8.59. The Morgan fingerprint density at radius 3 is 2.86 bits per heavy atom. The van der Waals surface area contributed by atoms with E-state index < -0.39 is 0 Å². The van der Waals surface area contributed by atoms with Crippen LogP contribution in [0.25, 0.3) is 0 Å². The molecule has 0 spiro atoms. The minimum atomic E-state index is 0.140. The number of phenolic OH excluding ortho intramolecular Hbond substituents is 1. The molecule has 0 unspecified atom stereocenters. The molecule has 2 heteroatoms. The summed E-state index contributed by atoms with van der Waals surface area (Å²) in [7, 11) is 0. The Morgan fingerprint density at radius 1 is 1.36 bits per heavy atom. The van der Waals surface area contributed by atoms with Crippen LogP contribution in [0.3, 0.4) is 0 Å². The highest BCUT2D eigenvalue weighted by molar-refractivity contribution is 5.43. The van der Waals surface area contributed by atoms with Gasteiger partial charge >= 0.3 is 0 Å². The molecule has 0 saturated carbocycles. The minimum Gasteiger partial charge on any atom is -0.508 e. The number of benzene rings is 1. The molecule has 1 saturated heterocycles. The van der Waals surface area contributed by atoms with Gasteiger partial charge in [0, 0.05) is 12.6 Å². The fraction of sp³-hybridized carbons (Fsp3) is 0.600. The van der Waals surface area contributed by atoms with Gasteiger partial charge in [-0.15, -0.1) is 0 Å². The van der Waals surface area contributed by atoms with Crippen LogP contribution in [0.15, 0.2) is 29.8 Å². The van der Waals surface area contributed by atoms with Crippen molar-refractivity contribution in [2.45, 2.75) is 58.4 Å². The largest absolute Gasteiger partial charge is 0.508 e. The lowest BCUT2D eigenvalue weighted by Crippen LogP contribution is -2.55. The zero-order chi connectivity index (χ0) is 15.9. The van der Waals surface area contributed by atoms with Gasteiger partial charge in [0.15, 0.2) is 0 Å². The Kier molecular flexibility index (Phi) is 4.07. The molecule has 2 aliphatic rings. The van der Waals surface area contributed by atoms with Crippen molar-refractivity contribution in [1.29, 1.82) is 0 Å². The quantitative estimate of drug-likeness (QED) is 0.824. The van der Waals surface area contributed by atoms with E-state index in [2.05, 4.69) is 44.7 Å². The lowest BCUT2D eigenvalue weighted by molar-refractivity contribution is 0.0526. The van der Waals surface area contributed by atoms with E-state index in [1.807, 2.05) is 12.1 Å². The Balaban J connectivity index is 1.95. The van der Waals surface area contributed by atoms with Gasteiger partial charge in [-0.25, -0.2) is 0 Å². The molecule has 0 amide bonds. The van der Waals surface area contributed by atoms with Gasteiger partial charge in [0.2, 0.25) is 0 Å². The Labute approximate surface area is 134 Å². The van der Waals surface area contributed by atoms with Crippen LogP contribution in [0.1, 0.15) is 51.7 Å². The molecular weight excluding hydrogens is 270 g/mol. The number of likely N-dealkylation sites (tertiary alicyclic amines) is 1. The smallest absolute Gasteiger partial charge is 0.115 e. The first-order chi connectivity index (χ1) is 10.4. The van der Waals surface area contributed by atoms with Crippen molar-refractivity contribution in [2.24, 2.45) is 5.92 Å². The topological polar surface area (TPSA) is 23.5 Å². The number of fused-ring (bicyclic) bond motifs is 2. The molecule has 1 aliphatic carbocycles.